The second kappa shape index (κ2) is 5.83. The van der Waals surface area contributed by atoms with Crippen LogP contribution in [0.2, 0.25) is 0 Å². The molecule has 0 aromatic heterocycles. The van der Waals surface area contributed by atoms with Crippen LogP contribution in [0.15, 0.2) is 36.4 Å². The molecule has 0 saturated carbocycles. The molecule has 0 saturated heterocycles. The van der Waals surface area contributed by atoms with Crippen molar-refractivity contribution < 1.29 is 9.18 Å². The monoisotopic (exact) mass is 287 g/mol. The highest BCUT2D eigenvalue weighted by molar-refractivity contribution is 5.96. The highest BCUT2D eigenvalue weighted by atomic mass is 19.1. The predicted molar refractivity (Wildman–Crippen MR) is 83.3 cm³/mol. The number of carbonyl (C=O) groups is 1. The van der Waals surface area contributed by atoms with Gasteiger partial charge in [0.15, 0.2) is 0 Å². The second-order valence-electron chi connectivity index (χ2n) is 5.11. The Kier molecular flexibility index (Phi) is 4.12. The molecule has 0 atom stereocenters. The van der Waals surface area contributed by atoms with E-state index in [1.165, 1.54) is 11.0 Å². The van der Waals surface area contributed by atoms with E-state index in [0.717, 1.165) is 5.56 Å². The number of amides is 1. The maximum absolute atomic E-state index is 13.7. The number of rotatable bonds is 3. The zero-order valence-electron chi connectivity index (χ0n) is 12.3. The summed E-state index contributed by atoms with van der Waals surface area (Å²) >= 11 is 0. The summed E-state index contributed by atoms with van der Waals surface area (Å²) in [7, 11) is 3.35. The Morgan fingerprint density at radius 3 is 2.48 bits per heavy atom. The molecule has 21 heavy (non-hydrogen) atoms. The van der Waals surface area contributed by atoms with Crippen LogP contribution < -0.4 is 11.1 Å². The van der Waals surface area contributed by atoms with Gasteiger partial charge in [-0.15, -0.1) is 0 Å². The molecule has 0 heterocycles. The summed E-state index contributed by atoms with van der Waals surface area (Å²) in [4.78, 5) is 13.3. The van der Waals surface area contributed by atoms with Crippen LogP contribution in [0.4, 0.5) is 21.5 Å². The molecular formula is C16H18FN3O. The van der Waals surface area contributed by atoms with E-state index in [-0.39, 0.29) is 11.7 Å². The van der Waals surface area contributed by atoms with Crippen molar-refractivity contribution in [3.8, 4) is 0 Å². The van der Waals surface area contributed by atoms with Crippen LogP contribution in [0.5, 0.6) is 0 Å². The first-order chi connectivity index (χ1) is 9.88. The molecule has 2 aromatic rings. The van der Waals surface area contributed by atoms with E-state index in [1.807, 2.05) is 6.92 Å². The maximum Gasteiger partial charge on any atom is 0.253 e. The van der Waals surface area contributed by atoms with Gasteiger partial charge in [-0.2, -0.15) is 0 Å². The number of nitrogen functional groups attached to an aromatic ring is 1. The normalized spacial score (nSPS) is 10.3. The van der Waals surface area contributed by atoms with Gasteiger partial charge in [0.2, 0.25) is 0 Å². The lowest BCUT2D eigenvalue weighted by Crippen LogP contribution is -2.21. The Morgan fingerprint density at radius 2 is 1.86 bits per heavy atom. The molecule has 0 aliphatic heterocycles. The largest absolute Gasteiger partial charge is 0.397 e. The topological polar surface area (TPSA) is 58.4 Å². The highest BCUT2D eigenvalue weighted by Gasteiger charge is 2.11. The van der Waals surface area contributed by atoms with Crippen molar-refractivity contribution >= 4 is 23.0 Å². The van der Waals surface area contributed by atoms with Crippen LogP contribution in [-0.2, 0) is 0 Å². The molecule has 0 radical (unpaired) electrons. The van der Waals surface area contributed by atoms with E-state index in [4.69, 9.17) is 5.73 Å². The first kappa shape index (κ1) is 14.8. The van der Waals surface area contributed by atoms with Crippen molar-refractivity contribution in [1.82, 2.24) is 4.90 Å². The standard InChI is InChI=1S/C16H18FN3O/c1-10-4-6-12(17)15(8-10)19-14-7-5-11(9-13(14)18)16(21)20(2)3/h4-9,19H,18H2,1-3H3. The SMILES string of the molecule is Cc1ccc(F)c(Nc2ccc(C(=O)N(C)C)cc2N)c1. The van der Waals surface area contributed by atoms with Gasteiger partial charge >= 0.3 is 0 Å². The third-order valence-corrected chi connectivity index (χ3v) is 3.10. The van der Waals surface area contributed by atoms with Crippen LogP contribution in [0.3, 0.4) is 0 Å². The molecule has 0 aliphatic carbocycles. The van der Waals surface area contributed by atoms with Gasteiger partial charge in [0, 0.05) is 19.7 Å². The van der Waals surface area contributed by atoms with Crippen molar-refractivity contribution in [3.63, 3.8) is 0 Å². The van der Waals surface area contributed by atoms with Crippen LogP contribution >= 0.6 is 0 Å². The molecule has 2 aromatic carbocycles. The van der Waals surface area contributed by atoms with E-state index in [9.17, 15) is 9.18 Å². The average molecular weight is 287 g/mol. The smallest absolute Gasteiger partial charge is 0.253 e. The number of carbonyl (C=O) groups excluding carboxylic acids is 1. The third kappa shape index (κ3) is 3.31. The molecule has 5 heteroatoms. The molecule has 0 aliphatic rings. The molecular weight excluding hydrogens is 269 g/mol. The number of nitrogens with zero attached hydrogens (tertiary/aromatic N) is 1. The minimum atomic E-state index is -0.353. The zero-order chi connectivity index (χ0) is 15.6. The van der Waals surface area contributed by atoms with Crippen LogP contribution in [-0.4, -0.2) is 24.9 Å². The quantitative estimate of drug-likeness (QED) is 0.853. The molecule has 110 valence electrons. The number of nitrogens with two attached hydrogens (primary N) is 1. The van der Waals surface area contributed by atoms with Gasteiger partial charge < -0.3 is 16.0 Å². The van der Waals surface area contributed by atoms with Gasteiger partial charge in [-0.1, -0.05) is 6.07 Å². The van der Waals surface area contributed by atoms with E-state index in [2.05, 4.69) is 5.32 Å². The molecule has 0 bridgehead atoms. The molecule has 1 amide bonds. The summed E-state index contributed by atoms with van der Waals surface area (Å²) in [5.74, 6) is -0.483. The Hall–Kier alpha value is -2.56. The number of hydrogen-bond acceptors (Lipinski definition) is 3. The summed E-state index contributed by atoms with van der Waals surface area (Å²) in [6, 6.07) is 9.72. The van der Waals surface area contributed by atoms with Gasteiger partial charge in [0.05, 0.1) is 17.1 Å². The summed E-state index contributed by atoms with van der Waals surface area (Å²) in [6.45, 7) is 1.88. The van der Waals surface area contributed by atoms with Crippen molar-refractivity contribution in [2.24, 2.45) is 0 Å². The van der Waals surface area contributed by atoms with Crippen LogP contribution in [0.25, 0.3) is 0 Å². The number of anilines is 3. The molecule has 0 unspecified atom stereocenters. The van der Waals surface area contributed by atoms with Gasteiger partial charge in [-0.3, -0.25) is 4.79 Å². The summed E-state index contributed by atoms with van der Waals surface area (Å²) in [6.07, 6.45) is 0. The molecule has 3 N–H and O–H groups in total. The number of halogens is 1. The average Bonchev–Trinajstić information content (AvgIpc) is 2.44. The molecule has 0 spiro atoms. The molecule has 4 nitrogen and oxygen atoms in total. The number of nitrogens with one attached hydrogen (secondary N) is 1. The first-order valence-electron chi connectivity index (χ1n) is 6.53. The molecule has 2 rings (SSSR count). The predicted octanol–water partition coefficient (Wildman–Crippen LogP) is 3.16. The molecule has 0 fully saturated rings. The van der Waals surface area contributed by atoms with Gasteiger partial charge in [-0.25, -0.2) is 4.39 Å². The number of aryl methyl sites for hydroxylation is 1. The number of benzene rings is 2. The van der Waals surface area contributed by atoms with Crippen LogP contribution in [0, 0.1) is 12.7 Å². The third-order valence-electron chi connectivity index (χ3n) is 3.10. The van der Waals surface area contributed by atoms with E-state index >= 15 is 0 Å². The van der Waals surface area contributed by atoms with Gasteiger partial charge in [0.1, 0.15) is 5.82 Å². The summed E-state index contributed by atoms with van der Waals surface area (Å²) in [5, 5.41) is 2.95. The number of hydrogen-bond donors (Lipinski definition) is 2. The summed E-state index contributed by atoms with van der Waals surface area (Å²) in [5.41, 5.74) is 8.69. The van der Waals surface area contributed by atoms with E-state index < -0.39 is 0 Å². The lowest BCUT2D eigenvalue weighted by atomic mass is 10.1. The fraction of sp³-hybridized carbons (Fsp3) is 0.188. The van der Waals surface area contributed by atoms with E-state index in [1.54, 1.807) is 44.4 Å². The van der Waals surface area contributed by atoms with Crippen molar-refractivity contribution in [3.05, 3.63) is 53.3 Å². The van der Waals surface area contributed by atoms with E-state index in [0.29, 0.717) is 22.6 Å². The minimum Gasteiger partial charge on any atom is -0.397 e. The lowest BCUT2D eigenvalue weighted by Gasteiger charge is -2.14. The Balaban J connectivity index is 2.30. The Morgan fingerprint density at radius 1 is 1.14 bits per heavy atom. The Bertz CT molecular complexity index is 683. The van der Waals surface area contributed by atoms with Crippen molar-refractivity contribution in [2.45, 2.75) is 6.92 Å². The van der Waals surface area contributed by atoms with Gasteiger partial charge in [0.25, 0.3) is 5.91 Å². The lowest BCUT2D eigenvalue weighted by molar-refractivity contribution is 0.0827. The second-order valence-corrected chi connectivity index (χ2v) is 5.11. The summed E-state index contributed by atoms with van der Waals surface area (Å²) < 4.78 is 13.7. The van der Waals surface area contributed by atoms with Crippen LogP contribution in [0.1, 0.15) is 15.9 Å². The van der Waals surface area contributed by atoms with Gasteiger partial charge in [-0.05, 0) is 42.8 Å². The first-order valence-corrected chi connectivity index (χ1v) is 6.53. The Labute approximate surface area is 123 Å². The zero-order valence-corrected chi connectivity index (χ0v) is 12.3. The fourth-order valence-electron chi connectivity index (χ4n) is 1.95. The van der Waals surface area contributed by atoms with Crippen molar-refractivity contribution in [1.29, 1.82) is 0 Å². The minimum absolute atomic E-state index is 0.130. The fourth-order valence-corrected chi connectivity index (χ4v) is 1.95. The highest BCUT2D eigenvalue weighted by Crippen LogP contribution is 2.26. The maximum atomic E-state index is 13.7. The van der Waals surface area contributed by atoms with Crippen molar-refractivity contribution in [2.75, 3.05) is 25.1 Å².